The van der Waals surface area contributed by atoms with E-state index in [1.165, 1.54) is 91.1 Å². The smallest absolute Gasteiger partial charge is 0.408 e. The predicted octanol–water partition coefficient (Wildman–Crippen LogP) is 9.64. The Morgan fingerprint density at radius 2 is 1.23 bits per heavy atom. The van der Waals surface area contributed by atoms with E-state index in [4.69, 9.17) is 44.6 Å². The van der Waals surface area contributed by atoms with Crippen molar-refractivity contribution < 1.29 is 47.2 Å². The van der Waals surface area contributed by atoms with Crippen LogP contribution >= 0.6 is 6.72 Å². The van der Waals surface area contributed by atoms with Gasteiger partial charge in [-0.05, 0) is 66.7 Å². The molecule has 0 heterocycles. The summed E-state index contributed by atoms with van der Waals surface area (Å²) in [6.07, 6.45) is 18.0. The third kappa shape index (κ3) is 27.5. The highest BCUT2D eigenvalue weighted by Gasteiger charge is 2.36. The van der Waals surface area contributed by atoms with Crippen LogP contribution in [-0.4, -0.2) is 61.7 Å². The molecule has 1 unspecified atom stereocenters. The lowest BCUT2D eigenvalue weighted by atomic mass is 10.0. The molecule has 0 aromatic carbocycles. The fourth-order valence-corrected chi connectivity index (χ4v) is 6.31. The SMILES string of the molecule is CCCCCCCCCCCCCCCCCC(=O)OCCCOP(=S)(OC)O[C@H](C)[C@H](NC(=O)OC(C)(C)C)C(=O)OOC(C)(C)C. The zero-order chi connectivity index (χ0) is 36.5. The molecule has 3 atom stereocenters. The van der Waals surface area contributed by atoms with Crippen LogP contribution in [0.15, 0.2) is 0 Å². The predicted molar refractivity (Wildman–Crippen MR) is 193 cm³/mol. The van der Waals surface area contributed by atoms with Gasteiger partial charge in [-0.25, -0.2) is 9.59 Å². The highest BCUT2D eigenvalue weighted by atomic mass is 32.5. The summed E-state index contributed by atoms with van der Waals surface area (Å²) >= 11 is 5.47. The zero-order valence-electron chi connectivity index (χ0n) is 31.5. The molecule has 0 bridgehead atoms. The summed E-state index contributed by atoms with van der Waals surface area (Å²) in [6.45, 7) is 10.9. The van der Waals surface area contributed by atoms with Crippen molar-refractivity contribution in [3.63, 3.8) is 0 Å². The van der Waals surface area contributed by atoms with Crippen LogP contribution in [0, 0.1) is 0 Å². The Balaban J connectivity index is 4.34. The molecule has 11 nitrogen and oxygen atoms in total. The molecule has 0 aromatic rings. The van der Waals surface area contributed by atoms with E-state index in [2.05, 4.69) is 12.2 Å². The van der Waals surface area contributed by atoms with Crippen LogP contribution in [-0.2, 0) is 54.2 Å². The Morgan fingerprint density at radius 3 is 1.69 bits per heavy atom. The van der Waals surface area contributed by atoms with Crippen molar-refractivity contribution >= 4 is 36.6 Å². The first-order valence-corrected chi connectivity index (χ1v) is 20.6. The second kappa shape index (κ2) is 26.5. The lowest BCUT2D eigenvalue weighted by Gasteiger charge is -2.29. The van der Waals surface area contributed by atoms with Gasteiger partial charge in [0.1, 0.15) is 11.2 Å². The van der Waals surface area contributed by atoms with Crippen LogP contribution < -0.4 is 5.32 Å². The van der Waals surface area contributed by atoms with Crippen LogP contribution in [0.25, 0.3) is 0 Å². The zero-order valence-corrected chi connectivity index (χ0v) is 33.2. The number of carbonyl (C=O) groups excluding carboxylic acids is 3. The van der Waals surface area contributed by atoms with E-state index in [1.807, 2.05) is 0 Å². The van der Waals surface area contributed by atoms with Gasteiger partial charge in [0, 0.05) is 20.0 Å². The van der Waals surface area contributed by atoms with Crippen molar-refractivity contribution in [3.8, 4) is 0 Å². The van der Waals surface area contributed by atoms with Gasteiger partial charge in [0.25, 0.3) is 0 Å². The van der Waals surface area contributed by atoms with Gasteiger partial charge in [-0.1, -0.05) is 96.8 Å². The van der Waals surface area contributed by atoms with E-state index in [9.17, 15) is 14.4 Å². The summed E-state index contributed by atoms with van der Waals surface area (Å²) in [5, 5.41) is 2.45. The molecule has 0 spiro atoms. The minimum atomic E-state index is -3.34. The topological polar surface area (TPSA) is 128 Å². The molecule has 0 radical (unpaired) electrons. The Morgan fingerprint density at radius 1 is 0.729 bits per heavy atom. The molecule has 0 aromatic heterocycles. The number of esters is 1. The summed E-state index contributed by atoms with van der Waals surface area (Å²) in [7, 11) is 1.34. The van der Waals surface area contributed by atoms with Gasteiger partial charge in [-0.2, -0.15) is 4.89 Å². The molecular weight excluding hydrogens is 657 g/mol. The van der Waals surface area contributed by atoms with Crippen LogP contribution in [0.5, 0.6) is 0 Å². The molecule has 284 valence electrons. The normalized spacial score (nSPS) is 14.5. The van der Waals surface area contributed by atoms with Crippen molar-refractivity contribution in [2.75, 3.05) is 20.3 Å². The Kier molecular flexibility index (Phi) is 25.8. The number of hydrogen-bond acceptors (Lipinski definition) is 11. The summed E-state index contributed by atoms with van der Waals surface area (Å²) in [4.78, 5) is 47.5. The third-order valence-electron chi connectivity index (χ3n) is 7.07. The fourth-order valence-electron chi connectivity index (χ4n) is 4.55. The molecule has 0 rings (SSSR count). The minimum absolute atomic E-state index is 0.103. The van der Waals surface area contributed by atoms with E-state index in [0.717, 1.165) is 19.3 Å². The molecule has 1 amide bonds. The number of ether oxygens (including phenoxy) is 2. The van der Waals surface area contributed by atoms with Crippen molar-refractivity contribution in [3.05, 3.63) is 0 Å². The van der Waals surface area contributed by atoms with Crippen LogP contribution in [0.1, 0.15) is 165 Å². The average Bonchev–Trinajstić information content (AvgIpc) is 2.99. The second-order valence-electron chi connectivity index (χ2n) is 14.3. The maximum absolute atomic E-state index is 12.8. The summed E-state index contributed by atoms with van der Waals surface area (Å²) < 4.78 is 27.5. The van der Waals surface area contributed by atoms with Crippen molar-refractivity contribution in [2.24, 2.45) is 0 Å². The van der Waals surface area contributed by atoms with Crippen molar-refractivity contribution in [1.29, 1.82) is 0 Å². The van der Waals surface area contributed by atoms with E-state index in [0.29, 0.717) is 12.8 Å². The first-order chi connectivity index (χ1) is 22.5. The first kappa shape index (κ1) is 46.7. The molecule has 0 aliphatic rings. The van der Waals surface area contributed by atoms with Gasteiger partial charge in [0.2, 0.25) is 0 Å². The molecule has 1 N–H and O–H groups in total. The summed E-state index contributed by atoms with van der Waals surface area (Å²) in [5.74, 6) is -1.14. The maximum atomic E-state index is 12.8. The van der Waals surface area contributed by atoms with Gasteiger partial charge >= 0.3 is 24.8 Å². The van der Waals surface area contributed by atoms with Crippen LogP contribution in [0.2, 0.25) is 0 Å². The molecule has 48 heavy (non-hydrogen) atoms. The fraction of sp³-hybridized carbons (Fsp3) is 0.914. The lowest BCUT2D eigenvalue weighted by molar-refractivity contribution is -0.322. The lowest BCUT2D eigenvalue weighted by Crippen LogP contribution is -2.51. The van der Waals surface area contributed by atoms with Gasteiger partial charge in [-0.15, -0.1) is 0 Å². The number of carbonyl (C=O) groups is 3. The van der Waals surface area contributed by atoms with Gasteiger partial charge in [0.05, 0.1) is 19.3 Å². The van der Waals surface area contributed by atoms with Crippen LogP contribution in [0.3, 0.4) is 0 Å². The molecule has 13 heteroatoms. The van der Waals surface area contributed by atoms with Crippen LogP contribution in [0.4, 0.5) is 4.79 Å². The Bertz CT molecular complexity index is 922. The number of hydrogen-bond donors (Lipinski definition) is 1. The van der Waals surface area contributed by atoms with E-state index in [-0.39, 0.29) is 19.2 Å². The minimum Gasteiger partial charge on any atom is -0.466 e. The number of alkyl carbamates (subject to hydrolysis) is 1. The van der Waals surface area contributed by atoms with E-state index >= 15 is 0 Å². The molecule has 0 fully saturated rings. The summed E-state index contributed by atoms with van der Waals surface area (Å²) in [6, 6.07) is -1.34. The van der Waals surface area contributed by atoms with Crippen molar-refractivity contribution in [1.82, 2.24) is 5.32 Å². The molecule has 0 saturated heterocycles. The van der Waals surface area contributed by atoms with E-state index < -0.39 is 42.1 Å². The molecule has 0 saturated carbocycles. The Hall–Kier alpha value is -1.30. The number of nitrogens with one attached hydrogen (secondary N) is 1. The molecule has 0 aliphatic carbocycles. The second-order valence-corrected chi connectivity index (χ2v) is 17.3. The summed E-state index contributed by atoms with van der Waals surface area (Å²) in [5.41, 5.74) is -1.58. The first-order valence-electron chi connectivity index (χ1n) is 18.0. The highest BCUT2D eigenvalue weighted by molar-refractivity contribution is 8.07. The van der Waals surface area contributed by atoms with Gasteiger partial charge < -0.3 is 28.4 Å². The standard InChI is InChI=1S/C35H68NO10PS/c1-10-11-12-13-14-15-16-17-18-19-20-21-22-23-24-26-30(37)41-27-25-28-42-47(48,40-9)45-29(2)31(32(38)44-46-35(6,7)8)36-33(39)43-34(3,4)5/h29,31H,10-28H2,1-9H3,(H,36,39)/t29-,31+,47?/m1/s1. The Labute approximate surface area is 296 Å². The molecule has 0 aliphatic heterocycles. The van der Waals surface area contributed by atoms with E-state index in [1.54, 1.807) is 41.5 Å². The molecular formula is C35H68NO10PS. The van der Waals surface area contributed by atoms with Gasteiger partial charge in [-0.3, -0.25) is 9.68 Å². The number of unbranched alkanes of at least 4 members (excludes halogenated alkanes) is 14. The number of rotatable bonds is 28. The highest BCUT2D eigenvalue weighted by Crippen LogP contribution is 2.50. The maximum Gasteiger partial charge on any atom is 0.408 e. The third-order valence-corrected chi connectivity index (χ3v) is 9.63. The quantitative estimate of drug-likeness (QED) is 0.0272. The largest absolute Gasteiger partial charge is 0.466 e. The number of amides is 1. The van der Waals surface area contributed by atoms with Gasteiger partial charge in [0.15, 0.2) is 6.04 Å². The van der Waals surface area contributed by atoms with Crippen molar-refractivity contribution in [2.45, 2.75) is 188 Å². The average molecular weight is 726 g/mol. The monoisotopic (exact) mass is 725 g/mol.